The van der Waals surface area contributed by atoms with Crippen LogP contribution < -0.4 is 5.56 Å². The van der Waals surface area contributed by atoms with Gasteiger partial charge in [-0.1, -0.05) is 24.3 Å². The van der Waals surface area contributed by atoms with Gasteiger partial charge in [-0.3, -0.25) is 4.79 Å². The monoisotopic (exact) mass is 348 g/mol. The first-order valence-electron chi connectivity index (χ1n) is 7.34. The molecule has 1 heterocycles. The second kappa shape index (κ2) is 6.51. The van der Waals surface area contributed by atoms with Crippen LogP contribution in [0.2, 0.25) is 0 Å². The molecule has 1 aromatic heterocycles. The highest BCUT2D eigenvalue weighted by molar-refractivity contribution is 5.58. The number of hydrogen-bond acceptors (Lipinski definition) is 2. The Morgan fingerprint density at radius 2 is 1.72 bits per heavy atom. The SMILES string of the molecule is O=c1ccc(-c2ccccc2F)nn1Cc1cccc(C(F)(F)F)c1. The van der Waals surface area contributed by atoms with Gasteiger partial charge >= 0.3 is 6.18 Å². The van der Waals surface area contributed by atoms with Crippen LogP contribution in [0.4, 0.5) is 17.6 Å². The van der Waals surface area contributed by atoms with E-state index in [4.69, 9.17) is 0 Å². The van der Waals surface area contributed by atoms with Crippen molar-refractivity contribution in [2.24, 2.45) is 0 Å². The maximum absolute atomic E-state index is 13.9. The summed E-state index contributed by atoms with van der Waals surface area (Å²) in [6.45, 7) is -0.148. The van der Waals surface area contributed by atoms with Gasteiger partial charge < -0.3 is 0 Å². The molecule has 0 atom stereocenters. The Labute approximate surface area is 140 Å². The van der Waals surface area contributed by atoms with Crippen molar-refractivity contribution < 1.29 is 17.6 Å². The molecule has 3 rings (SSSR count). The van der Waals surface area contributed by atoms with E-state index in [1.165, 1.54) is 42.5 Å². The zero-order valence-electron chi connectivity index (χ0n) is 12.8. The molecule has 0 unspecified atom stereocenters. The Morgan fingerprint density at radius 3 is 2.44 bits per heavy atom. The molecule has 3 nitrogen and oxygen atoms in total. The molecule has 0 saturated heterocycles. The Hall–Kier alpha value is -2.96. The summed E-state index contributed by atoms with van der Waals surface area (Å²) < 4.78 is 53.2. The predicted molar refractivity (Wildman–Crippen MR) is 84.4 cm³/mol. The Kier molecular flexibility index (Phi) is 4.39. The highest BCUT2D eigenvalue weighted by Gasteiger charge is 2.30. The molecule has 0 amide bonds. The number of hydrogen-bond donors (Lipinski definition) is 0. The first kappa shape index (κ1) is 16.9. The van der Waals surface area contributed by atoms with E-state index >= 15 is 0 Å². The van der Waals surface area contributed by atoms with Gasteiger partial charge in [-0.15, -0.1) is 0 Å². The molecule has 128 valence electrons. The van der Waals surface area contributed by atoms with Gasteiger partial charge in [0.15, 0.2) is 0 Å². The smallest absolute Gasteiger partial charge is 0.268 e. The van der Waals surface area contributed by atoms with E-state index in [0.29, 0.717) is 0 Å². The lowest BCUT2D eigenvalue weighted by Gasteiger charge is -2.10. The molecule has 0 radical (unpaired) electrons. The third-order valence-electron chi connectivity index (χ3n) is 3.60. The molecular formula is C18H12F4N2O. The summed E-state index contributed by atoms with van der Waals surface area (Å²) in [5.74, 6) is -0.501. The van der Waals surface area contributed by atoms with Crippen LogP contribution in [-0.4, -0.2) is 9.78 Å². The largest absolute Gasteiger partial charge is 0.416 e. The molecule has 0 spiro atoms. The predicted octanol–water partition coefficient (Wildman–Crippen LogP) is 4.12. The summed E-state index contributed by atoms with van der Waals surface area (Å²) in [6.07, 6.45) is -4.47. The minimum Gasteiger partial charge on any atom is -0.268 e. The van der Waals surface area contributed by atoms with Gasteiger partial charge in [0.2, 0.25) is 0 Å². The van der Waals surface area contributed by atoms with Crippen molar-refractivity contribution in [3.05, 3.63) is 88.0 Å². The van der Waals surface area contributed by atoms with Crippen molar-refractivity contribution >= 4 is 0 Å². The van der Waals surface area contributed by atoms with Gasteiger partial charge in [0, 0.05) is 11.6 Å². The Balaban J connectivity index is 1.98. The van der Waals surface area contributed by atoms with Crippen LogP contribution in [0.3, 0.4) is 0 Å². The summed E-state index contributed by atoms with van der Waals surface area (Å²) in [5, 5.41) is 4.07. The Bertz CT molecular complexity index is 964. The van der Waals surface area contributed by atoms with Crippen LogP contribution in [-0.2, 0) is 12.7 Å². The van der Waals surface area contributed by atoms with Gasteiger partial charge in [0.1, 0.15) is 5.82 Å². The number of aromatic nitrogens is 2. The van der Waals surface area contributed by atoms with E-state index in [0.717, 1.165) is 16.8 Å². The highest BCUT2D eigenvalue weighted by atomic mass is 19.4. The second-order valence-corrected chi connectivity index (χ2v) is 5.39. The molecule has 0 N–H and O–H groups in total. The molecule has 7 heteroatoms. The summed E-state index contributed by atoms with van der Waals surface area (Å²) in [4.78, 5) is 12.0. The molecule has 0 saturated carbocycles. The van der Waals surface area contributed by atoms with Crippen molar-refractivity contribution in [3.8, 4) is 11.3 Å². The van der Waals surface area contributed by atoms with E-state index in [-0.39, 0.29) is 23.4 Å². The van der Waals surface area contributed by atoms with Gasteiger partial charge in [-0.05, 0) is 35.9 Å². The lowest BCUT2D eigenvalue weighted by atomic mass is 10.1. The second-order valence-electron chi connectivity index (χ2n) is 5.39. The fourth-order valence-electron chi connectivity index (χ4n) is 2.39. The fourth-order valence-corrected chi connectivity index (χ4v) is 2.39. The Morgan fingerprint density at radius 1 is 0.960 bits per heavy atom. The molecule has 25 heavy (non-hydrogen) atoms. The number of rotatable bonds is 3. The third kappa shape index (κ3) is 3.76. The molecular weight excluding hydrogens is 336 g/mol. The number of nitrogens with zero attached hydrogens (tertiary/aromatic N) is 2. The lowest BCUT2D eigenvalue weighted by Crippen LogP contribution is -2.23. The molecule has 0 aliphatic heterocycles. The number of halogens is 4. The summed E-state index contributed by atoms with van der Waals surface area (Å²) in [7, 11) is 0. The summed E-state index contributed by atoms with van der Waals surface area (Å²) in [6, 6.07) is 13.2. The topological polar surface area (TPSA) is 34.9 Å². The van der Waals surface area contributed by atoms with Crippen molar-refractivity contribution in [1.29, 1.82) is 0 Å². The van der Waals surface area contributed by atoms with Crippen molar-refractivity contribution in [1.82, 2.24) is 9.78 Å². The highest BCUT2D eigenvalue weighted by Crippen LogP contribution is 2.29. The third-order valence-corrected chi connectivity index (χ3v) is 3.60. The van der Waals surface area contributed by atoms with Crippen LogP contribution in [0, 0.1) is 5.82 Å². The summed E-state index contributed by atoms with van der Waals surface area (Å²) >= 11 is 0. The molecule has 0 aliphatic rings. The van der Waals surface area contributed by atoms with E-state index in [1.54, 1.807) is 6.07 Å². The molecule has 3 aromatic rings. The minimum atomic E-state index is -4.47. The number of alkyl halides is 3. The molecule has 0 aliphatic carbocycles. The maximum Gasteiger partial charge on any atom is 0.416 e. The average Bonchev–Trinajstić information content (AvgIpc) is 2.57. The average molecular weight is 348 g/mol. The van der Waals surface area contributed by atoms with Crippen LogP contribution in [0.1, 0.15) is 11.1 Å². The van der Waals surface area contributed by atoms with E-state index in [1.807, 2.05) is 0 Å². The zero-order valence-corrected chi connectivity index (χ0v) is 12.8. The van der Waals surface area contributed by atoms with Gasteiger partial charge in [-0.2, -0.15) is 18.3 Å². The van der Waals surface area contributed by atoms with Crippen molar-refractivity contribution in [3.63, 3.8) is 0 Å². The lowest BCUT2D eigenvalue weighted by molar-refractivity contribution is -0.137. The maximum atomic E-state index is 13.9. The fraction of sp³-hybridized carbons (Fsp3) is 0.111. The first-order valence-corrected chi connectivity index (χ1v) is 7.34. The minimum absolute atomic E-state index is 0.148. The first-order chi connectivity index (χ1) is 11.8. The van der Waals surface area contributed by atoms with Gasteiger partial charge in [-0.25, -0.2) is 9.07 Å². The standard InChI is InChI=1S/C18H12F4N2O/c19-15-7-2-1-6-14(15)16-8-9-17(25)24(23-16)11-12-4-3-5-13(10-12)18(20,21)22/h1-10H,11H2. The molecule has 0 fully saturated rings. The quantitative estimate of drug-likeness (QED) is 0.668. The van der Waals surface area contributed by atoms with Gasteiger partial charge in [0.25, 0.3) is 5.56 Å². The zero-order chi connectivity index (χ0) is 18.0. The number of benzene rings is 2. The summed E-state index contributed by atoms with van der Waals surface area (Å²) in [5.41, 5.74) is -0.583. The van der Waals surface area contributed by atoms with E-state index < -0.39 is 23.1 Å². The van der Waals surface area contributed by atoms with Crippen LogP contribution in [0.15, 0.2) is 65.5 Å². The molecule has 0 bridgehead atoms. The van der Waals surface area contributed by atoms with Crippen molar-refractivity contribution in [2.75, 3.05) is 0 Å². The van der Waals surface area contributed by atoms with Gasteiger partial charge in [0.05, 0.1) is 17.8 Å². The van der Waals surface area contributed by atoms with Crippen LogP contribution in [0.5, 0.6) is 0 Å². The van der Waals surface area contributed by atoms with E-state index in [9.17, 15) is 22.4 Å². The van der Waals surface area contributed by atoms with E-state index in [2.05, 4.69) is 5.10 Å². The van der Waals surface area contributed by atoms with Crippen LogP contribution in [0.25, 0.3) is 11.3 Å². The molecule has 2 aromatic carbocycles. The van der Waals surface area contributed by atoms with Crippen molar-refractivity contribution in [2.45, 2.75) is 12.7 Å². The van der Waals surface area contributed by atoms with Crippen LogP contribution >= 0.6 is 0 Å². The normalized spacial score (nSPS) is 11.5.